The fourth-order valence-electron chi connectivity index (χ4n) is 5.10. The predicted octanol–water partition coefficient (Wildman–Crippen LogP) is 3.68. The van der Waals surface area contributed by atoms with Crippen LogP contribution in [-0.2, 0) is 44.7 Å². The van der Waals surface area contributed by atoms with E-state index in [1.807, 2.05) is 4.90 Å². The molecule has 4 rings (SSSR count). The van der Waals surface area contributed by atoms with E-state index in [1.165, 1.54) is 0 Å². The second kappa shape index (κ2) is 14.3. The number of esters is 1. The van der Waals surface area contributed by atoms with E-state index < -0.39 is 84.1 Å². The summed E-state index contributed by atoms with van der Waals surface area (Å²) in [4.78, 5) is 45.5. The third-order valence-corrected chi connectivity index (χ3v) is 7.25. The summed E-state index contributed by atoms with van der Waals surface area (Å²) in [6.45, 7) is 6.20. The lowest BCUT2D eigenvalue weighted by molar-refractivity contribution is -0.148. The molecule has 17 heteroatoms. The third-order valence-electron chi connectivity index (χ3n) is 7.25. The lowest BCUT2D eigenvalue weighted by atomic mass is 10.0. The molecule has 0 spiro atoms. The summed E-state index contributed by atoms with van der Waals surface area (Å²) in [5.74, 6) is -6.95. The zero-order valence-corrected chi connectivity index (χ0v) is 25.5. The molecule has 1 fully saturated rings. The predicted molar refractivity (Wildman–Crippen MR) is 148 cm³/mol. The number of hydrogen-bond acceptors (Lipinski definition) is 8. The highest BCUT2D eigenvalue weighted by molar-refractivity contribution is 5.89. The summed E-state index contributed by atoms with van der Waals surface area (Å²) >= 11 is 0. The zero-order valence-electron chi connectivity index (χ0n) is 25.5. The van der Waals surface area contributed by atoms with Crippen molar-refractivity contribution in [3.63, 3.8) is 0 Å². The summed E-state index contributed by atoms with van der Waals surface area (Å²) in [5, 5.41) is 2.43. The molecule has 1 N–H and O–H groups in total. The van der Waals surface area contributed by atoms with Gasteiger partial charge in [0.2, 0.25) is 11.7 Å². The normalized spacial score (nSPS) is 16.5. The van der Waals surface area contributed by atoms with E-state index in [9.17, 15) is 40.7 Å². The van der Waals surface area contributed by atoms with Crippen LogP contribution in [0, 0.1) is 17.5 Å². The second-order valence-electron chi connectivity index (χ2n) is 11.9. The van der Waals surface area contributed by atoms with Crippen molar-refractivity contribution in [3.8, 4) is 0 Å². The van der Waals surface area contributed by atoms with Gasteiger partial charge in [-0.05, 0) is 38.8 Å². The first-order chi connectivity index (χ1) is 21.5. The summed E-state index contributed by atoms with van der Waals surface area (Å²) in [6.07, 6.45) is -6.83. The van der Waals surface area contributed by atoms with Gasteiger partial charge in [-0.2, -0.15) is 13.2 Å². The van der Waals surface area contributed by atoms with E-state index in [2.05, 4.69) is 10.3 Å². The Hall–Kier alpha value is -3.86. The van der Waals surface area contributed by atoms with Crippen molar-refractivity contribution in [1.29, 1.82) is 0 Å². The molecule has 3 heterocycles. The van der Waals surface area contributed by atoms with Crippen molar-refractivity contribution >= 4 is 18.0 Å². The molecule has 46 heavy (non-hydrogen) atoms. The van der Waals surface area contributed by atoms with E-state index in [1.54, 1.807) is 20.8 Å². The maximum Gasteiger partial charge on any atom is 0.449 e. The van der Waals surface area contributed by atoms with Crippen molar-refractivity contribution in [2.45, 2.75) is 64.5 Å². The Morgan fingerprint density at radius 2 is 1.67 bits per heavy atom. The van der Waals surface area contributed by atoms with Crippen molar-refractivity contribution < 1.29 is 54.9 Å². The number of amides is 2. The minimum atomic E-state index is -4.90. The van der Waals surface area contributed by atoms with Gasteiger partial charge in [0, 0.05) is 51.3 Å². The van der Waals surface area contributed by atoms with Gasteiger partial charge in [-0.15, -0.1) is 0 Å². The SMILES string of the molecule is CC(C)(C)OC(=O)N[C@@H](CC(=O)N1CCn2c(C(F)(F)F)nc(C(=O)OCCN3CCOCC3)c2C1)Cc1cc(F)c(F)cc1F. The Bertz CT molecular complexity index is 1440. The van der Waals surface area contributed by atoms with E-state index in [4.69, 9.17) is 14.2 Å². The van der Waals surface area contributed by atoms with Crippen LogP contribution in [0.15, 0.2) is 12.1 Å². The first kappa shape index (κ1) is 35.0. The maximum absolute atomic E-state index is 14.5. The van der Waals surface area contributed by atoms with E-state index in [0.717, 1.165) is 9.47 Å². The average Bonchev–Trinajstić information content (AvgIpc) is 3.35. The number of ether oxygens (including phenoxy) is 3. The van der Waals surface area contributed by atoms with Gasteiger partial charge >= 0.3 is 18.2 Å². The molecule has 0 aliphatic carbocycles. The van der Waals surface area contributed by atoms with Gasteiger partial charge in [0.25, 0.3) is 0 Å². The van der Waals surface area contributed by atoms with E-state index in [0.29, 0.717) is 45.0 Å². The minimum Gasteiger partial charge on any atom is -0.460 e. The monoisotopic (exact) mass is 663 g/mol. The number of aromatic nitrogens is 2. The minimum absolute atomic E-state index is 0.103. The number of fused-ring (bicyclic) bond motifs is 1. The van der Waals surface area contributed by atoms with Gasteiger partial charge in [0.1, 0.15) is 18.0 Å². The van der Waals surface area contributed by atoms with Crippen LogP contribution >= 0.6 is 0 Å². The molecule has 1 aromatic carbocycles. The Kier molecular flexibility index (Phi) is 10.9. The number of halogens is 6. The Balaban J connectivity index is 1.51. The van der Waals surface area contributed by atoms with Crippen LogP contribution in [0.2, 0.25) is 0 Å². The highest BCUT2D eigenvalue weighted by Crippen LogP contribution is 2.33. The number of carbonyl (C=O) groups is 3. The molecule has 0 unspecified atom stereocenters. The van der Waals surface area contributed by atoms with Gasteiger partial charge < -0.3 is 29.0 Å². The topological polar surface area (TPSA) is 115 Å². The van der Waals surface area contributed by atoms with E-state index in [-0.39, 0.29) is 31.0 Å². The first-order valence-electron chi connectivity index (χ1n) is 14.6. The summed E-state index contributed by atoms with van der Waals surface area (Å²) in [5.41, 5.74) is -2.05. The Morgan fingerprint density at radius 3 is 2.33 bits per heavy atom. The molecule has 1 aromatic heterocycles. The molecule has 2 aliphatic heterocycles. The Labute approximate surface area is 260 Å². The number of alkyl carbamates (subject to hydrolysis) is 1. The number of alkyl halides is 3. The molecule has 1 saturated heterocycles. The molecular weight excluding hydrogens is 628 g/mol. The fraction of sp³-hybridized carbons (Fsp3) is 0.586. The van der Waals surface area contributed by atoms with Crippen molar-refractivity contribution in [3.05, 3.63) is 52.4 Å². The van der Waals surface area contributed by atoms with Crippen LogP contribution in [-0.4, -0.2) is 95.0 Å². The summed E-state index contributed by atoms with van der Waals surface area (Å²) in [7, 11) is 0. The largest absolute Gasteiger partial charge is 0.460 e. The summed E-state index contributed by atoms with van der Waals surface area (Å²) in [6, 6.07) is -0.250. The number of hydrogen-bond donors (Lipinski definition) is 1. The highest BCUT2D eigenvalue weighted by atomic mass is 19.4. The molecule has 0 bridgehead atoms. The number of nitrogens with one attached hydrogen (secondary N) is 1. The molecule has 0 radical (unpaired) electrons. The quantitative estimate of drug-likeness (QED) is 0.246. The molecule has 0 saturated carbocycles. The standard InChI is InChI=1S/C29H35F6N5O6/c1-28(2,3)46-27(43)36-18(12-17-13-20(31)21(32)15-19(17)30)14-23(41)39-4-5-40-22(16-39)24(37-26(40)29(33,34)35)25(42)45-11-8-38-6-9-44-10-7-38/h13,15,18H,4-12,14,16H2,1-3H3,(H,36,43)/t18-/m1/s1. The highest BCUT2D eigenvalue weighted by Gasteiger charge is 2.42. The molecule has 2 aliphatic rings. The van der Waals surface area contributed by atoms with Crippen LogP contribution in [0.4, 0.5) is 31.1 Å². The van der Waals surface area contributed by atoms with Gasteiger partial charge in [0.05, 0.1) is 25.5 Å². The second-order valence-corrected chi connectivity index (χ2v) is 11.9. The molecule has 1 atom stereocenters. The van der Waals surface area contributed by atoms with Crippen molar-refractivity contribution in [2.24, 2.45) is 0 Å². The number of benzene rings is 1. The van der Waals surface area contributed by atoms with E-state index >= 15 is 0 Å². The van der Waals surface area contributed by atoms with Gasteiger partial charge in [0.15, 0.2) is 17.3 Å². The van der Waals surface area contributed by atoms with Crippen LogP contribution in [0.1, 0.15) is 54.8 Å². The van der Waals surface area contributed by atoms with Gasteiger partial charge in [-0.3, -0.25) is 9.69 Å². The lowest BCUT2D eigenvalue weighted by Crippen LogP contribution is -2.45. The number of carbonyl (C=O) groups excluding carboxylic acids is 3. The molecule has 2 amide bonds. The molecule has 2 aromatic rings. The maximum atomic E-state index is 14.5. The molecular formula is C29H35F6N5O6. The average molecular weight is 664 g/mol. The number of nitrogens with zero attached hydrogens (tertiary/aromatic N) is 4. The third kappa shape index (κ3) is 9.11. The van der Waals surface area contributed by atoms with Crippen molar-refractivity contribution in [1.82, 2.24) is 24.7 Å². The number of rotatable bonds is 9. The van der Waals surface area contributed by atoms with Crippen LogP contribution in [0.5, 0.6) is 0 Å². The molecule has 254 valence electrons. The summed E-state index contributed by atoms with van der Waals surface area (Å²) < 4.78 is 99.9. The smallest absolute Gasteiger partial charge is 0.449 e. The number of morpholine rings is 1. The zero-order chi connectivity index (χ0) is 33.8. The van der Waals surface area contributed by atoms with Crippen molar-refractivity contribution in [2.75, 3.05) is 46.0 Å². The van der Waals surface area contributed by atoms with Crippen LogP contribution in [0.3, 0.4) is 0 Å². The van der Waals surface area contributed by atoms with Crippen LogP contribution in [0.25, 0.3) is 0 Å². The van der Waals surface area contributed by atoms with Gasteiger partial charge in [-0.25, -0.2) is 27.7 Å². The fourth-order valence-corrected chi connectivity index (χ4v) is 5.10. The first-order valence-corrected chi connectivity index (χ1v) is 14.6. The number of imidazole rings is 1. The lowest BCUT2D eigenvalue weighted by Gasteiger charge is -2.31. The van der Waals surface area contributed by atoms with Gasteiger partial charge in [-0.1, -0.05) is 0 Å². The van der Waals surface area contributed by atoms with Crippen LogP contribution < -0.4 is 5.32 Å². The molecule has 11 nitrogen and oxygen atoms in total. The Morgan fingerprint density at radius 1 is 1.00 bits per heavy atom.